The van der Waals surface area contributed by atoms with Crippen LogP contribution in [0.1, 0.15) is 31.5 Å². The number of aryl methyl sites for hydroxylation is 1. The number of nitrogens with one attached hydrogen (secondary N) is 1. The molecule has 1 amide bonds. The largest absolute Gasteiger partial charge is 0.354 e. The summed E-state index contributed by atoms with van der Waals surface area (Å²) in [5.41, 5.74) is 5.40. The number of nitrogens with zero attached hydrogens (tertiary/aromatic N) is 3. The fourth-order valence-corrected chi connectivity index (χ4v) is 2.20. The predicted molar refractivity (Wildman–Crippen MR) is 63.1 cm³/mol. The Balaban J connectivity index is 1.77. The molecule has 3 N–H and O–H groups in total. The van der Waals surface area contributed by atoms with Crippen molar-refractivity contribution in [3.63, 3.8) is 0 Å². The summed E-state index contributed by atoms with van der Waals surface area (Å²) < 4.78 is 1.65. The van der Waals surface area contributed by atoms with E-state index >= 15 is 0 Å². The molecule has 0 atom stereocenters. The van der Waals surface area contributed by atoms with Crippen LogP contribution in [0.25, 0.3) is 0 Å². The maximum absolute atomic E-state index is 11.9. The highest BCUT2D eigenvalue weighted by atomic mass is 16.2. The van der Waals surface area contributed by atoms with Gasteiger partial charge in [-0.3, -0.25) is 9.48 Å². The van der Waals surface area contributed by atoms with Crippen LogP contribution >= 0.6 is 0 Å². The Morgan fingerprint density at radius 2 is 2.29 bits per heavy atom. The molecule has 1 aliphatic carbocycles. The Hall–Kier alpha value is -1.43. The summed E-state index contributed by atoms with van der Waals surface area (Å²) in [6.45, 7) is 0.543. The van der Waals surface area contributed by atoms with Gasteiger partial charge >= 0.3 is 0 Å². The highest BCUT2D eigenvalue weighted by Crippen LogP contribution is 2.27. The molecule has 94 valence electrons. The van der Waals surface area contributed by atoms with Crippen LogP contribution in [0.3, 0.4) is 0 Å². The van der Waals surface area contributed by atoms with E-state index in [-0.39, 0.29) is 5.91 Å². The molecule has 1 heterocycles. The minimum atomic E-state index is -0.641. The van der Waals surface area contributed by atoms with E-state index in [9.17, 15) is 4.79 Å². The molecular weight excluding hydrogens is 218 g/mol. The van der Waals surface area contributed by atoms with Crippen molar-refractivity contribution in [1.29, 1.82) is 0 Å². The zero-order valence-corrected chi connectivity index (χ0v) is 10.1. The standard InChI is InChI=1S/C11H19N5O/c1-16-8-14-9(15-16)4-7-13-10(17)11(12)5-2-3-6-11/h8H,2-7,12H2,1H3,(H,13,17). The van der Waals surface area contributed by atoms with Gasteiger partial charge in [0.1, 0.15) is 6.33 Å². The molecule has 1 saturated carbocycles. The topological polar surface area (TPSA) is 85.8 Å². The predicted octanol–water partition coefficient (Wildman–Crippen LogP) is -0.255. The molecular formula is C11H19N5O. The van der Waals surface area contributed by atoms with Gasteiger partial charge in [0.2, 0.25) is 5.91 Å². The van der Waals surface area contributed by atoms with Gasteiger partial charge in [0.25, 0.3) is 0 Å². The Kier molecular flexibility index (Phi) is 3.42. The third-order valence-corrected chi connectivity index (χ3v) is 3.23. The molecule has 1 aromatic heterocycles. The van der Waals surface area contributed by atoms with E-state index in [1.807, 2.05) is 7.05 Å². The maximum Gasteiger partial charge on any atom is 0.240 e. The lowest BCUT2D eigenvalue weighted by Gasteiger charge is -2.21. The lowest BCUT2D eigenvalue weighted by atomic mass is 9.98. The minimum Gasteiger partial charge on any atom is -0.354 e. The monoisotopic (exact) mass is 237 g/mol. The number of hydrogen-bond acceptors (Lipinski definition) is 4. The number of carbonyl (C=O) groups excluding carboxylic acids is 1. The minimum absolute atomic E-state index is 0.0362. The lowest BCUT2D eigenvalue weighted by molar-refractivity contribution is -0.126. The number of carbonyl (C=O) groups is 1. The van der Waals surface area contributed by atoms with Crippen LogP contribution in [0.5, 0.6) is 0 Å². The molecule has 1 fully saturated rings. The molecule has 6 heteroatoms. The van der Waals surface area contributed by atoms with Gasteiger partial charge in [-0.15, -0.1) is 0 Å². The zero-order valence-electron chi connectivity index (χ0n) is 10.1. The van der Waals surface area contributed by atoms with E-state index in [4.69, 9.17) is 5.73 Å². The maximum atomic E-state index is 11.9. The van der Waals surface area contributed by atoms with Gasteiger partial charge in [-0.05, 0) is 12.8 Å². The van der Waals surface area contributed by atoms with Crippen molar-refractivity contribution in [3.05, 3.63) is 12.2 Å². The summed E-state index contributed by atoms with van der Waals surface area (Å²) in [4.78, 5) is 16.0. The highest BCUT2D eigenvalue weighted by molar-refractivity contribution is 5.86. The van der Waals surface area contributed by atoms with E-state index in [1.54, 1.807) is 11.0 Å². The first-order chi connectivity index (χ1) is 8.10. The molecule has 0 aromatic carbocycles. The molecule has 17 heavy (non-hydrogen) atoms. The molecule has 6 nitrogen and oxygen atoms in total. The Bertz CT molecular complexity index is 394. The first kappa shape index (κ1) is 12.0. The van der Waals surface area contributed by atoms with E-state index in [2.05, 4.69) is 15.4 Å². The smallest absolute Gasteiger partial charge is 0.240 e. The van der Waals surface area contributed by atoms with E-state index in [0.717, 1.165) is 31.5 Å². The normalized spacial score (nSPS) is 18.2. The summed E-state index contributed by atoms with van der Waals surface area (Å²) in [5.74, 6) is 0.705. The average Bonchev–Trinajstić information content (AvgIpc) is 2.89. The first-order valence-corrected chi connectivity index (χ1v) is 6.02. The number of rotatable bonds is 4. The molecule has 0 saturated heterocycles. The van der Waals surface area contributed by atoms with Gasteiger partial charge in [0.05, 0.1) is 5.54 Å². The summed E-state index contributed by atoms with van der Waals surface area (Å²) in [5, 5.41) is 7.02. The van der Waals surface area contributed by atoms with Gasteiger partial charge in [0, 0.05) is 20.0 Å². The van der Waals surface area contributed by atoms with Gasteiger partial charge in [-0.25, -0.2) is 4.98 Å². The average molecular weight is 237 g/mol. The lowest BCUT2D eigenvalue weighted by Crippen LogP contribution is -2.52. The van der Waals surface area contributed by atoms with Gasteiger partial charge in [0.15, 0.2) is 5.82 Å². The zero-order chi connectivity index (χ0) is 12.3. The second-order valence-electron chi connectivity index (χ2n) is 4.70. The number of hydrogen-bond donors (Lipinski definition) is 2. The SMILES string of the molecule is Cn1cnc(CCNC(=O)C2(N)CCCC2)n1. The number of aromatic nitrogens is 3. The van der Waals surface area contributed by atoms with Crippen molar-refractivity contribution < 1.29 is 4.79 Å². The van der Waals surface area contributed by atoms with Crippen LogP contribution in [0, 0.1) is 0 Å². The Labute approximate surface area is 101 Å². The van der Waals surface area contributed by atoms with E-state index in [1.165, 1.54) is 0 Å². The van der Waals surface area contributed by atoms with Crippen LogP contribution in [-0.4, -0.2) is 32.8 Å². The summed E-state index contributed by atoms with van der Waals surface area (Å²) in [6.07, 6.45) is 5.97. The molecule has 0 spiro atoms. The summed E-state index contributed by atoms with van der Waals surface area (Å²) in [7, 11) is 1.82. The fraction of sp³-hybridized carbons (Fsp3) is 0.727. The van der Waals surface area contributed by atoms with Crippen molar-refractivity contribution in [3.8, 4) is 0 Å². The van der Waals surface area contributed by atoms with Crippen LogP contribution < -0.4 is 11.1 Å². The van der Waals surface area contributed by atoms with Crippen LogP contribution in [-0.2, 0) is 18.3 Å². The van der Waals surface area contributed by atoms with Crippen LogP contribution in [0.15, 0.2) is 6.33 Å². The van der Waals surface area contributed by atoms with Crippen molar-refractivity contribution in [2.24, 2.45) is 12.8 Å². The van der Waals surface area contributed by atoms with Gasteiger partial charge < -0.3 is 11.1 Å². The number of nitrogens with two attached hydrogens (primary N) is 1. The molecule has 0 aliphatic heterocycles. The summed E-state index contributed by atoms with van der Waals surface area (Å²) >= 11 is 0. The Morgan fingerprint density at radius 1 is 1.59 bits per heavy atom. The highest BCUT2D eigenvalue weighted by Gasteiger charge is 2.36. The third-order valence-electron chi connectivity index (χ3n) is 3.23. The van der Waals surface area contributed by atoms with Crippen molar-refractivity contribution in [2.45, 2.75) is 37.6 Å². The first-order valence-electron chi connectivity index (χ1n) is 6.02. The van der Waals surface area contributed by atoms with Crippen molar-refractivity contribution >= 4 is 5.91 Å². The second kappa shape index (κ2) is 4.83. The molecule has 0 unspecified atom stereocenters. The Morgan fingerprint density at radius 3 is 2.88 bits per heavy atom. The second-order valence-corrected chi connectivity index (χ2v) is 4.70. The molecule has 1 aliphatic rings. The van der Waals surface area contributed by atoms with Crippen molar-refractivity contribution in [2.75, 3.05) is 6.54 Å². The number of amides is 1. The van der Waals surface area contributed by atoms with Gasteiger partial charge in [-0.1, -0.05) is 12.8 Å². The van der Waals surface area contributed by atoms with E-state index in [0.29, 0.717) is 13.0 Å². The van der Waals surface area contributed by atoms with Gasteiger partial charge in [-0.2, -0.15) is 5.10 Å². The van der Waals surface area contributed by atoms with Crippen molar-refractivity contribution in [1.82, 2.24) is 20.1 Å². The van der Waals surface area contributed by atoms with Crippen LogP contribution in [0.2, 0.25) is 0 Å². The molecule has 0 bridgehead atoms. The quantitative estimate of drug-likeness (QED) is 0.756. The molecule has 0 radical (unpaired) electrons. The third kappa shape index (κ3) is 2.82. The van der Waals surface area contributed by atoms with Crippen LogP contribution in [0.4, 0.5) is 0 Å². The fourth-order valence-electron chi connectivity index (χ4n) is 2.20. The molecule has 2 rings (SSSR count). The van der Waals surface area contributed by atoms with E-state index < -0.39 is 5.54 Å². The molecule has 1 aromatic rings. The summed E-state index contributed by atoms with van der Waals surface area (Å²) in [6, 6.07) is 0.